The second-order valence-electron chi connectivity index (χ2n) is 4.87. The summed E-state index contributed by atoms with van der Waals surface area (Å²) >= 11 is 0. The van der Waals surface area contributed by atoms with Crippen LogP contribution in [0.2, 0.25) is 0 Å². The highest BCUT2D eigenvalue weighted by Crippen LogP contribution is 2.32. The van der Waals surface area contributed by atoms with E-state index in [0.29, 0.717) is 18.2 Å². The highest BCUT2D eigenvalue weighted by Gasteiger charge is 2.29. The summed E-state index contributed by atoms with van der Waals surface area (Å²) in [6.45, 7) is 2.69. The van der Waals surface area contributed by atoms with Gasteiger partial charge in [-0.1, -0.05) is 18.2 Å². The third-order valence-electron chi connectivity index (χ3n) is 3.65. The minimum absolute atomic E-state index is 0.115. The fraction of sp³-hybridized carbons (Fsp3) is 0.500. The van der Waals surface area contributed by atoms with Crippen LogP contribution >= 0.6 is 0 Å². The first kappa shape index (κ1) is 11.5. The van der Waals surface area contributed by atoms with Crippen LogP contribution in [0.4, 0.5) is 0 Å². The summed E-state index contributed by atoms with van der Waals surface area (Å²) in [7, 11) is 0. The first-order valence-electron chi connectivity index (χ1n) is 6.54. The van der Waals surface area contributed by atoms with E-state index in [2.05, 4.69) is 10.3 Å². The number of phenols is 1. The first-order valence-corrected chi connectivity index (χ1v) is 6.54. The molecule has 4 nitrogen and oxygen atoms in total. The van der Waals surface area contributed by atoms with Crippen molar-refractivity contribution in [3.8, 4) is 5.75 Å². The van der Waals surface area contributed by atoms with Crippen molar-refractivity contribution in [2.45, 2.75) is 18.9 Å². The van der Waals surface area contributed by atoms with Gasteiger partial charge in [0.15, 0.2) is 5.90 Å². The zero-order valence-corrected chi connectivity index (χ0v) is 10.3. The molecule has 2 aliphatic heterocycles. The summed E-state index contributed by atoms with van der Waals surface area (Å²) in [4.78, 5) is 4.51. The Morgan fingerprint density at radius 3 is 2.78 bits per heavy atom. The molecule has 0 radical (unpaired) electrons. The van der Waals surface area contributed by atoms with Gasteiger partial charge in [-0.25, -0.2) is 0 Å². The molecule has 1 unspecified atom stereocenters. The lowest BCUT2D eigenvalue weighted by molar-refractivity contribution is 0.204. The zero-order valence-electron chi connectivity index (χ0n) is 10.3. The van der Waals surface area contributed by atoms with Crippen molar-refractivity contribution < 1.29 is 9.84 Å². The maximum Gasteiger partial charge on any atom is 0.187 e. The molecule has 2 aliphatic rings. The van der Waals surface area contributed by atoms with Gasteiger partial charge in [0.2, 0.25) is 0 Å². The summed E-state index contributed by atoms with van der Waals surface area (Å²) in [6, 6.07) is 7.34. The molecule has 0 spiro atoms. The Bertz CT molecular complexity index is 453. The van der Waals surface area contributed by atoms with Gasteiger partial charge in [-0.2, -0.15) is 0 Å². The number of aliphatic imine (C=N–C) groups is 1. The highest BCUT2D eigenvalue weighted by atomic mass is 16.5. The van der Waals surface area contributed by atoms with Crippen molar-refractivity contribution >= 4 is 5.90 Å². The number of hydrogen-bond acceptors (Lipinski definition) is 4. The van der Waals surface area contributed by atoms with Crippen LogP contribution < -0.4 is 5.32 Å². The van der Waals surface area contributed by atoms with E-state index in [1.54, 1.807) is 6.07 Å². The van der Waals surface area contributed by atoms with Gasteiger partial charge in [0.05, 0.1) is 6.54 Å². The molecule has 3 rings (SSSR count). The molecule has 0 aromatic heterocycles. The first-order chi connectivity index (χ1) is 8.84. The van der Waals surface area contributed by atoms with Crippen LogP contribution in [-0.4, -0.2) is 30.6 Å². The van der Waals surface area contributed by atoms with Gasteiger partial charge in [0, 0.05) is 11.5 Å². The molecule has 0 saturated carbocycles. The molecule has 2 heterocycles. The maximum atomic E-state index is 9.83. The zero-order chi connectivity index (χ0) is 12.4. The van der Waals surface area contributed by atoms with Crippen molar-refractivity contribution in [3.63, 3.8) is 0 Å². The van der Waals surface area contributed by atoms with Crippen LogP contribution in [0.25, 0.3) is 0 Å². The van der Waals surface area contributed by atoms with Crippen LogP contribution in [0.5, 0.6) is 5.75 Å². The summed E-state index contributed by atoms with van der Waals surface area (Å²) < 4.78 is 5.93. The molecule has 18 heavy (non-hydrogen) atoms. The molecule has 0 aliphatic carbocycles. The summed E-state index contributed by atoms with van der Waals surface area (Å²) in [5, 5.41) is 13.2. The predicted octanol–water partition coefficient (Wildman–Crippen LogP) is 1.86. The number of aromatic hydroxyl groups is 1. The van der Waals surface area contributed by atoms with E-state index in [0.717, 1.165) is 37.4 Å². The van der Waals surface area contributed by atoms with E-state index in [1.165, 1.54) is 0 Å². The van der Waals surface area contributed by atoms with Gasteiger partial charge in [-0.05, 0) is 32.0 Å². The van der Waals surface area contributed by atoms with Crippen molar-refractivity contribution in [2.75, 3.05) is 19.6 Å². The monoisotopic (exact) mass is 246 g/mol. The molecular weight excluding hydrogens is 228 g/mol. The molecular formula is C14H18N2O2. The van der Waals surface area contributed by atoms with E-state index >= 15 is 0 Å². The maximum absolute atomic E-state index is 9.83. The second kappa shape index (κ2) is 4.98. The Morgan fingerprint density at radius 1 is 1.22 bits per heavy atom. The third-order valence-corrected chi connectivity index (χ3v) is 3.65. The number of benzene rings is 1. The van der Waals surface area contributed by atoms with Gasteiger partial charge < -0.3 is 15.2 Å². The highest BCUT2D eigenvalue weighted by molar-refractivity contribution is 5.80. The van der Waals surface area contributed by atoms with E-state index in [1.807, 2.05) is 18.2 Å². The molecule has 1 atom stereocenters. The average Bonchev–Trinajstić information content (AvgIpc) is 2.90. The van der Waals surface area contributed by atoms with Gasteiger partial charge in [-0.15, -0.1) is 0 Å². The quantitative estimate of drug-likeness (QED) is 0.837. The molecule has 0 amide bonds. The number of ether oxygens (including phenoxy) is 1. The van der Waals surface area contributed by atoms with Gasteiger partial charge in [-0.3, -0.25) is 4.99 Å². The van der Waals surface area contributed by atoms with Gasteiger partial charge in [0.1, 0.15) is 11.9 Å². The minimum Gasteiger partial charge on any atom is -0.508 e. The molecule has 0 bridgehead atoms. The molecule has 1 aromatic carbocycles. The standard InChI is InChI=1S/C14H18N2O2/c17-12-4-2-1-3-11(12)13-9-16-14(18-13)10-5-7-15-8-6-10/h1-4,10,13,15,17H,5-9H2. The lowest BCUT2D eigenvalue weighted by atomic mass is 9.98. The Morgan fingerprint density at radius 2 is 2.00 bits per heavy atom. The molecule has 1 aromatic rings. The molecule has 4 heteroatoms. The average molecular weight is 246 g/mol. The third kappa shape index (κ3) is 2.20. The van der Waals surface area contributed by atoms with Crippen molar-refractivity contribution in [1.29, 1.82) is 0 Å². The Balaban J connectivity index is 1.68. The van der Waals surface area contributed by atoms with E-state index in [9.17, 15) is 5.11 Å². The van der Waals surface area contributed by atoms with Gasteiger partial charge >= 0.3 is 0 Å². The topological polar surface area (TPSA) is 53.9 Å². The number of phenolic OH excluding ortho intramolecular Hbond substituents is 1. The Kier molecular flexibility index (Phi) is 3.19. The molecule has 1 fully saturated rings. The van der Waals surface area contributed by atoms with Crippen LogP contribution in [0.1, 0.15) is 24.5 Å². The number of para-hydroxylation sites is 1. The minimum atomic E-state index is -0.115. The lowest BCUT2D eigenvalue weighted by Crippen LogP contribution is -2.32. The Labute approximate surface area is 107 Å². The normalized spacial score (nSPS) is 24.7. The summed E-state index contributed by atoms with van der Waals surface area (Å²) in [5.74, 6) is 1.62. The number of hydrogen-bond donors (Lipinski definition) is 2. The van der Waals surface area contributed by atoms with Gasteiger partial charge in [0.25, 0.3) is 0 Å². The van der Waals surface area contributed by atoms with Crippen molar-refractivity contribution in [2.24, 2.45) is 10.9 Å². The fourth-order valence-corrected chi connectivity index (χ4v) is 2.61. The molecule has 96 valence electrons. The molecule has 2 N–H and O–H groups in total. The van der Waals surface area contributed by atoms with Crippen molar-refractivity contribution in [3.05, 3.63) is 29.8 Å². The smallest absolute Gasteiger partial charge is 0.187 e. The number of piperidine rings is 1. The van der Waals surface area contributed by atoms with Crippen molar-refractivity contribution in [1.82, 2.24) is 5.32 Å². The van der Waals surface area contributed by atoms with Crippen LogP contribution in [0, 0.1) is 5.92 Å². The van der Waals surface area contributed by atoms with Crippen LogP contribution in [0.3, 0.4) is 0 Å². The van der Waals surface area contributed by atoms with E-state index in [4.69, 9.17) is 4.74 Å². The van der Waals surface area contributed by atoms with E-state index in [-0.39, 0.29) is 6.10 Å². The Hall–Kier alpha value is -1.55. The van der Waals surface area contributed by atoms with Crippen LogP contribution in [-0.2, 0) is 4.74 Å². The summed E-state index contributed by atoms with van der Waals surface area (Å²) in [6.07, 6.45) is 2.06. The number of nitrogens with zero attached hydrogens (tertiary/aromatic N) is 1. The largest absolute Gasteiger partial charge is 0.508 e. The predicted molar refractivity (Wildman–Crippen MR) is 69.8 cm³/mol. The summed E-state index contributed by atoms with van der Waals surface area (Å²) in [5.41, 5.74) is 0.838. The lowest BCUT2D eigenvalue weighted by Gasteiger charge is -2.23. The fourth-order valence-electron chi connectivity index (χ4n) is 2.61. The molecule has 1 saturated heterocycles. The van der Waals surface area contributed by atoms with Crippen LogP contribution in [0.15, 0.2) is 29.3 Å². The SMILES string of the molecule is Oc1ccccc1C1CN=C(C2CCNCC2)O1. The van der Waals surface area contributed by atoms with E-state index < -0.39 is 0 Å². The number of rotatable bonds is 2. The number of nitrogens with one attached hydrogen (secondary N) is 1. The second-order valence-corrected chi connectivity index (χ2v) is 4.87.